The maximum Gasteiger partial charge on any atom is 0.122 e. The van der Waals surface area contributed by atoms with E-state index < -0.39 is 0 Å². The molecule has 11 heteroatoms. The molecule has 11 nitrogen and oxygen atoms in total. The first-order chi connectivity index (χ1) is 54.8. The van der Waals surface area contributed by atoms with Crippen molar-refractivity contribution >= 4 is 0 Å². The zero-order chi connectivity index (χ0) is 83.1. The number of aromatic hydroxyl groups is 11. The van der Waals surface area contributed by atoms with Crippen molar-refractivity contribution in [1.82, 2.24) is 0 Å². The molecule has 0 amide bonds. The molecular formula is C106H150O11. The maximum absolute atomic E-state index is 10.5. The van der Waals surface area contributed by atoms with Gasteiger partial charge in [-0.15, -0.1) is 0 Å². The Balaban J connectivity index is 0. The molecule has 11 N–H and O–H groups in total. The third-order valence-electron chi connectivity index (χ3n) is 20.3. The van der Waals surface area contributed by atoms with E-state index >= 15 is 0 Å². The van der Waals surface area contributed by atoms with Crippen LogP contribution in [0.1, 0.15) is 235 Å². The summed E-state index contributed by atoms with van der Waals surface area (Å²) in [5.74, 6) is 13.8. The van der Waals surface area contributed by atoms with Crippen molar-refractivity contribution in [2.45, 2.75) is 215 Å². The number of benzene rings is 11. The third kappa shape index (κ3) is 41.1. The first-order valence-electron chi connectivity index (χ1n) is 41.2. The van der Waals surface area contributed by atoms with Gasteiger partial charge in [0.25, 0.3) is 0 Å². The fourth-order valence-electron chi connectivity index (χ4n) is 15.2. The molecule has 0 heterocycles. The van der Waals surface area contributed by atoms with Gasteiger partial charge in [0.15, 0.2) is 0 Å². The van der Waals surface area contributed by atoms with Gasteiger partial charge in [0.05, 0.1) is 0 Å². The second kappa shape index (κ2) is 64.4. The van der Waals surface area contributed by atoms with Crippen LogP contribution in [-0.2, 0) is 12.8 Å². The van der Waals surface area contributed by atoms with Crippen LogP contribution in [0, 0.1) is 47.3 Å². The van der Waals surface area contributed by atoms with Crippen LogP contribution in [0.25, 0.3) is 0 Å². The quantitative estimate of drug-likeness (QED) is 0.0752. The molecule has 4 bridgehead atoms. The molecule has 8 atom stereocenters. The van der Waals surface area contributed by atoms with E-state index in [-0.39, 0.29) is 47.0 Å². The lowest BCUT2D eigenvalue weighted by atomic mass is 9.82. The minimum Gasteiger partial charge on any atom is -0.508 e. The molecular weight excluding hydrogens is 1450 g/mol. The number of hydrogen-bond donors (Lipinski definition) is 11. The number of rotatable bonds is 6. The third-order valence-corrected chi connectivity index (χ3v) is 20.3. The van der Waals surface area contributed by atoms with Crippen molar-refractivity contribution in [3.8, 4) is 63.2 Å². The molecule has 6 saturated carbocycles. The minimum absolute atomic E-state index is 0. The van der Waals surface area contributed by atoms with Crippen molar-refractivity contribution in [3.63, 3.8) is 0 Å². The fourth-order valence-corrected chi connectivity index (χ4v) is 15.2. The van der Waals surface area contributed by atoms with Gasteiger partial charge in [0.1, 0.15) is 63.2 Å². The number of hydrogen-bond acceptors (Lipinski definition) is 11. The molecule has 0 saturated heterocycles. The van der Waals surface area contributed by atoms with E-state index in [4.69, 9.17) is 30.6 Å². The van der Waals surface area contributed by atoms with Crippen LogP contribution in [-0.4, -0.2) is 56.2 Å². The summed E-state index contributed by atoms with van der Waals surface area (Å²) in [4.78, 5) is 0. The standard InChI is InChI=1S/C20H18O3.2C10H16.2C9H12O.6C6H6O.4C2H6.4CH4/c21-18-10-3-1-6-14(18)12-16-8-5-9-17(20(16)23)13-15-7-2-4-11-19(15)22;2*1-2-9-7-4-5-8(6-7)10(9)3-1;2*1-7(2)8-5-3-4-6-9(8)10;6*7-6-4-2-1-3-5-6;4*1-2;;;;/h1-11,21-23H,12-13H2;2*7-10H,1-6H2;2*3-7,10H,1-2H3;6*1-5,7H;4*1-2H3;4*1H4. The van der Waals surface area contributed by atoms with Crippen LogP contribution in [0.5, 0.6) is 63.2 Å². The van der Waals surface area contributed by atoms with Crippen molar-refractivity contribution < 1.29 is 56.2 Å². The van der Waals surface area contributed by atoms with Gasteiger partial charge in [-0.2, -0.15) is 0 Å². The predicted octanol–water partition coefficient (Wildman–Crippen LogP) is 29.7. The second-order valence-electron chi connectivity index (χ2n) is 28.2. The molecule has 6 fully saturated rings. The Morgan fingerprint density at radius 1 is 0.222 bits per heavy atom. The van der Waals surface area contributed by atoms with E-state index in [0.717, 1.165) is 33.4 Å². The number of phenols is 11. The lowest BCUT2D eigenvalue weighted by Gasteiger charge is -2.23. The van der Waals surface area contributed by atoms with Crippen molar-refractivity contribution in [1.29, 1.82) is 0 Å². The van der Waals surface area contributed by atoms with E-state index in [1.54, 1.807) is 259 Å². The predicted molar refractivity (Wildman–Crippen MR) is 499 cm³/mol. The van der Waals surface area contributed by atoms with Gasteiger partial charge in [0.2, 0.25) is 0 Å². The average molecular weight is 1600 g/mol. The van der Waals surface area contributed by atoms with E-state index in [9.17, 15) is 25.5 Å². The largest absolute Gasteiger partial charge is 0.508 e. The molecule has 640 valence electrons. The topological polar surface area (TPSA) is 223 Å². The average Bonchev–Trinajstić information content (AvgIpc) is 1.63. The van der Waals surface area contributed by atoms with Crippen LogP contribution < -0.4 is 0 Å². The van der Waals surface area contributed by atoms with Gasteiger partial charge in [0, 0.05) is 12.8 Å². The lowest BCUT2D eigenvalue weighted by molar-refractivity contribution is 0.259. The maximum atomic E-state index is 10.5. The second-order valence-corrected chi connectivity index (χ2v) is 28.2. The molecule has 0 aliphatic heterocycles. The van der Waals surface area contributed by atoms with Gasteiger partial charge >= 0.3 is 0 Å². The molecule has 0 radical (unpaired) electrons. The van der Waals surface area contributed by atoms with Gasteiger partial charge in [-0.1, -0.05) is 326 Å². The smallest absolute Gasteiger partial charge is 0.122 e. The molecule has 11 aromatic rings. The molecule has 11 aromatic carbocycles. The first-order valence-corrected chi connectivity index (χ1v) is 41.2. The van der Waals surface area contributed by atoms with Crippen LogP contribution in [0.4, 0.5) is 0 Å². The zero-order valence-corrected chi connectivity index (χ0v) is 69.4. The van der Waals surface area contributed by atoms with Gasteiger partial charge < -0.3 is 56.2 Å². The van der Waals surface area contributed by atoms with Crippen LogP contribution in [0.2, 0.25) is 0 Å². The normalized spacial score (nSPS) is 17.0. The Kier molecular flexibility index (Phi) is 59.6. The molecule has 0 aromatic heterocycles. The van der Waals surface area contributed by atoms with Crippen LogP contribution in [0.15, 0.2) is 297 Å². The molecule has 6 aliphatic rings. The van der Waals surface area contributed by atoms with Crippen molar-refractivity contribution in [3.05, 3.63) is 331 Å². The Hall–Kier alpha value is -10.8. The molecule has 6 aliphatic carbocycles. The molecule has 117 heavy (non-hydrogen) atoms. The van der Waals surface area contributed by atoms with E-state index in [1.807, 2.05) is 171 Å². The van der Waals surface area contributed by atoms with E-state index in [0.29, 0.717) is 70.7 Å². The first kappa shape index (κ1) is 108. The highest BCUT2D eigenvalue weighted by molar-refractivity contribution is 5.48. The van der Waals surface area contributed by atoms with Crippen molar-refractivity contribution in [2.75, 3.05) is 0 Å². The zero-order valence-electron chi connectivity index (χ0n) is 69.4. The van der Waals surface area contributed by atoms with E-state index in [2.05, 4.69) is 27.7 Å². The SMILES string of the molecule is C.C.C.C.C1CC2C3CCC(C3)C2C1.C1CC2C3CCC(C3)C2C1.CC.CC.CC.CC.CC(C)c1ccccc1O.CC(C)c1ccccc1O.Oc1ccccc1.Oc1ccccc1.Oc1ccccc1.Oc1ccccc1.Oc1ccccc1.Oc1ccccc1.Oc1ccccc1Cc1cccc(Cc2ccccc2O)c1O. The molecule has 17 rings (SSSR count). The lowest BCUT2D eigenvalue weighted by Crippen LogP contribution is -2.15. The van der Waals surface area contributed by atoms with Gasteiger partial charge in [-0.05, 0) is 254 Å². The highest BCUT2D eigenvalue weighted by Gasteiger charge is 2.50. The Labute approximate surface area is 707 Å². The highest BCUT2D eigenvalue weighted by Crippen LogP contribution is 2.59. The number of phenolic OH excluding ortho intramolecular Hbond substituents is 11. The molecule has 8 unspecified atom stereocenters. The monoisotopic (exact) mass is 1600 g/mol. The van der Waals surface area contributed by atoms with Crippen LogP contribution >= 0.6 is 0 Å². The van der Waals surface area contributed by atoms with E-state index in [1.165, 1.54) is 47.3 Å². The highest BCUT2D eigenvalue weighted by atomic mass is 16.3. The minimum atomic E-state index is 0. The van der Waals surface area contributed by atoms with Crippen LogP contribution in [0.3, 0.4) is 0 Å². The van der Waals surface area contributed by atoms with Gasteiger partial charge in [-0.25, -0.2) is 0 Å². The summed E-state index contributed by atoms with van der Waals surface area (Å²) >= 11 is 0. The summed E-state index contributed by atoms with van der Waals surface area (Å²) in [6.07, 6.45) is 20.0. The summed E-state index contributed by atoms with van der Waals surface area (Å²) in [6, 6.07) is 86.9. The summed E-state index contributed by atoms with van der Waals surface area (Å²) in [5, 5.41) is 101. The van der Waals surface area contributed by atoms with Gasteiger partial charge in [-0.3, -0.25) is 0 Å². The summed E-state index contributed by atoms with van der Waals surface area (Å²) in [7, 11) is 0. The Bertz CT molecular complexity index is 3650. The molecule has 0 spiro atoms. The summed E-state index contributed by atoms with van der Waals surface area (Å²) in [6.45, 7) is 24.3. The van der Waals surface area contributed by atoms with Crippen molar-refractivity contribution in [2.24, 2.45) is 47.3 Å². The number of fused-ring (bicyclic) bond motifs is 10. The summed E-state index contributed by atoms with van der Waals surface area (Å²) < 4.78 is 0. The Morgan fingerprint density at radius 3 is 0.590 bits per heavy atom. The number of para-hydroxylation sites is 11. The fraction of sp³-hybridized carbons (Fsp3) is 0.377. The Morgan fingerprint density at radius 2 is 0.410 bits per heavy atom. The summed E-state index contributed by atoms with van der Waals surface area (Å²) in [5.41, 5.74) is 5.06.